The number of aromatic nitrogens is 2. The van der Waals surface area contributed by atoms with Crippen LogP contribution in [0.1, 0.15) is 5.82 Å². The minimum atomic E-state index is -0.508. The molecule has 0 saturated heterocycles. The molecule has 2 aromatic rings. The van der Waals surface area contributed by atoms with Gasteiger partial charge in [0.1, 0.15) is 12.4 Å². The number of rotatable bonds is 6. The fourth-order valence-electron chi connectivity index (χ4n) is 1.65. The first-order valence-corrected chi connectivity index (χ1v) is 6.10. The first-order chi connectivity index (χ1) is 10.1. The van der Waals surface area contributed by atoms with Gasteiger partial charge in [0.15, 0.2) is 5.82 Å². The molecular formula is C13H14N4O4. The molecule has 0 radical (unpaired) electrons. The molecule has 0 aliphatic rings. The van der Waals surface area contributed by atoms with Crippen molar-refractivity contribution >= 4 is 11.5 Å². The molecule has 1 N–H and O–H groups in total. The zero-order chi connectivity index (χ0) is 15.2. The van der Waals surface area contributed by atoms with E-state index in [0.29, 0.717) is 11.6 Å². The number of benzene rings is 1. The van der Waals surface area contributed by atoms with Crippen LogP contribution in [0.2, 0.25) is 0 Å². The van der Waals surface area contributed by atoms with Crippen LogP contribution in [0, 0.1) is 10.1 Å². The summed E-state index contributed by atoms with van der Waals surface area (Å²) in [7, 11) is 3.23. The molecule has 0 amide bonds. The first kappa shape index (κ1) is 14.7. The van der Waals surface area contributed by atoms with Crippen molar-refractivity contribution in [3.8, 4) is 11.6 Å². The summed E-state index contributed by atoms with van der Waals surface area (Å²) in [6.07, 6.45) is 0. The maximum Gasteiger partial charge on any atom is 0.311 e. The van der Waals surface area contributed by atoms with Crippen LogP contribution in [-0.2, 0) is 11.3 Å². The largest absolute Gasteiger partial charge is 0.432 e. The van der Waals surface area contributed by atoms with Crippen LogP contribution < -0.4 is 10.1 Å². The molecule has 0 aliphatic carbocycles. The molecule has 0 unspecified atom stereocenters. The van der Waals surface area contributed by atoms with Gasteiger partial charge >= 0.3 is 5.69 Å². The lowest BCUT2D eigenvalue weighted by molar-refractivity contribution is -0.385. The first-order valence-electron chi connectivity index (χ1n) is 6.10. The van der Waals surface area contributed by atoms with Crippen LogP contribution in [-0.4, -0.2) is 29.0 Å². The molecule has 0 bridgehead atoms. The highest BCUT2D eigenvalue weighted by atomic mass is 16.6. The summed E-state index contributed by atoms with van der Waals surface area (Å²) in [6.45, 7) is 0.211. The van der Waals surface area contributed by atoms with E-state index in [-0.39, 0.29) is 23.9 Å². The molecule has 0 atom stereocenters. The lowest BCUT2D eigenvalue weighted by atomic mass is 10.3. The highest BCUT2D eigenvalue weighted by Crippen LogP contribution is 2.30. The second-order valence-electron chi connectivity index (χ2n) is 4.02. The Hall–Kier alpha value is -2.74. The van der Waals surface area contributed by atoms with Gasteiger partial charge in [-0.1, -0.05) is 12.1 Å². The predicted molar refractivity (Wildman–Crippen MR) is 75.5 cm³/mol. The molecule has 0 spiro atoms. The predicted octanol–water partition coefficient (Wildman–Crippen LogP) is 2.37. The fourth-order valence-corrected chi connectivity index (χ4v) is 1.65. The molecule has 8 nitrogen and oxygen atoms in total. The van der Waals surface area contributed by atoms with Crippen LogP contribution in [0.3, 0.4) is 0 Å². The molecule has 0 saturated carbocycles. The number of anilines is 1. The normalized spacial score (nSPS) is 10.2. The van der Waals surface area contributed by atoms with Gasteiger partial charge in [0, 0.05) is 26.3 Å². The number of hydrogen-bond donors (Lipinski definition) is 1. The molecule has 0 fully saturated rings. The number of para-hydroxylation sites is 2. The Bertz CT molecular complexity index is 648. The molecule has 1 aromatic heterocycles. The van der Waals surface area contributed by atoms with Gasteiger partial charge in [-0.25, -0.2) is 4.98 Å². The van der Waals surface area contributed by atoms with Crippen molar-refractivity contribution in [1.82, 2.24) is 9.97 Å². The van der Waals surface area contributed by atoms with Gasteiger partial charge in [-0.2, -0.15) is 4.98 Å². The summed E-state index contributed by atoms with van der Waals surface area (Å²) < 4.78 is 10.5. The van der Waals surface area contributed by atoms with Gasteiger partial charge in [0.2, 0.25) is 11.6 Å². The lowest BCUT2D eigenvalue weighted by Crippen LogP contribution is -2.03. The zero-order valence-electron chi connectivity index (χ0n) is 11.6. The minimum absolute atomic E-state index is 0.117. The van der Waals surface area contributed by atoms with E-state index in [1.165, 1.54) is 19.2 Å². The average molecular weight is 290 g/mol. The number of nitro benzene ring substituents is 1. The molecule has 0 aliphatic heterocycles. The third kappa shape index (κ3) is 3.63. The van der Waals surface area contributed by atoms with Crippen molar-refractivity contribution in [3.63, 3.8) is 0 Å². The number of hydrogen-bond acceptors (Lipinski definition) is 7. The molecule has 8 heteroatoms. The van der Waals surface area contributed by atoms with E-state index >= 15 is 0 Å². The lowest BCUT2D eigenvalue weighted by Gasteiger charge is -2.08. The van der Waals surface area contributed by atoms with Crippen LogP contribution >= 0.6 is 0 Å². The number of methoxy groups -OCH3 is 1. The van der Waals surface area contributed by atoms with Crippen molar-refractivity contribution in [1.29, 1.82) is 0 Å². The van der Waals surface area contributed by atoms with Crippen molar-refractivity contribution in [2.24, 2.45) is 0 Å². The minimum Gasteiger partial charge on any atom is -0.432 e. The second-order valence-corrected chi connectivity index (χ2v) is 4.02. The Morgan fingerprint density at radius 2 is 2.10 bits per heavy atom. The van der Waals surface area contributed by atoms with Crippen molar-refractivity contribution in [2.45, 2.75) is 6.61 Å². The van der Waals surface area contributed by atoms with Crippen LogP contribution in [0.25, 0.3) is 0 Å². The number of nitrogens with zero attached hydrogens (tertiary/aromatic N) is 3. The second kappa shape index (κ2) is 6.62. The van der Waals surface area contributed by atoms with Gasteiger partial charge in [-0.3, -0.25) is 10.1 Å². The van der Waals surface area contributed by atoms with E-state index in [1.54, 1.807) is 25.2 Å². The maximum absolute atomic E-state index is 11.0. The molecule has 1 heterocycles. The summed E-state index contributed by atoms with van der Waals surface area (Å²) in [4.78, 5) is 18.8. The number of ether oxygens (including phenoxy) is 2. The van der Waals surface area contributed by atoms with E-state index in [2.05, 4.69) is 15.3 Å². The van der Waals surface area contributed by atoms with E-state index in [9.17, 15) is 10.1 Å². The Morgan fingerprint density at radius 1 is 1.33 bits per heavy atom. The monoisotopic (exact) mass is 290 g/mol. The summed E-state index contributed by atoms with van der Waals surface area (Å²) in [5.41, 5.74) is -0.129. The Balaban J connectivity index is 2.35. The van der Waals surface area contributed by atoms with E-state index < -0.39 is 4.92 Å². The third-order valence-electron chi connectivity index (χ3n) is 2.56. The van der Waals surface area contributed by atoms with E-state index in [0.717, 1.165) is 0 Å². The zero-order valence-corrected chi connectivity index (χ0v) is 11.6. The van der Waals surface area contributed by atoms with E-state index in [4.69, 9.17) is 9.47 Å². The van der Waals surface area contributed by atoms with Gasteiger partial charge < -0.3 is 14.8 Å². The van der Waals surface area contributed by atoms with Gasteiger partial charge in [-0.15, -0.1) is 0 Å². The van der Waals surface area contributed by atoms with Gasteiger partial charge in [-0.05, 0) is 6.07 Å². The highest BCUT2D eigenvalue weighted by Gasteiger charge is 2.16. The average Bonchev–Trinajstić information content (AvgIpc) is 2.47. The van der Waals surface area contributed by atoms with Crippen LogP contribution in [0.4, 0.5) is 11.5 Å². The third-order valence-corrected chi connectivity index (χ3v) is 2.56. The fraction of sp³-hybridized carbons (Fsp3) is 0.231. The topological polar surface area (TPSA) is 99.4 Å². The summed E-state index contributed by atoms with van der Waals surface area (Å²) >= 11 is 0. The van der Waals surface area contributed by atoms with Crippen LogP contribution in [0.5, 0.6) is 11.6 Å². The molecule has 110 valence electrons. The molecule has 21 heavy (non-hydrogen) atoms. The Morgan fingerprint density at radius 3 is 2.76 bits per heavy atom. The summed E-state index contributed by atoms with van der Waals surface area (Å²) in [6, 6.07) is 7.65. The molecule has 2 rings (SSSR count). The molecular weight excluding hydrogens is 276 g/mol. The van der Waals surface area contributed by atoms with Crippen molar-refractivity contribution in [3.05, 3.63) is 46.3 Å². The smallest absolute Gasteiger partial charge is 0.311 e. The van der Waals surface area contributed by atoms with Gasteiger partial charge in [0.25, 0.3) is 0 Å². The number of nitrogens with one attached hydrogen (secondary N) is 1. The Kier molecular flexibility index (Phi) is 4.62. The Labute approximate surface area is 120 Å². The maximum atomic E-state index is 11.0. The SMILES string of the molecule is CNc1cc(Oc2ccccc2[N+](=O)[O-])nc(COC)n1. The summed E-state index contributed by atoms with van der Waals surface area (Å²) in [5.74, 6) is 1.27. The number of nitro groups is 1. The summed E-state index contributed by atoms with van der Waals surface area (Å²) in [5, 5.41) is 13.8. The van der Waals surface area contributed by atoms with Crippen LogP contribution in [0.15, 0.2) is 30.3 Å². The van der Waals surface area contributed by atoms with Crippen molar-refractivity contribution < 1.29 is 14.4 Å². The van der Waals surface area contributed by atoms with E-state index in [1.807, 2.05) is 0 Å². The highest BCUT2D eigenvalue weighted by molar-refractivity contribution is 5.48. The quantitative estimate of drug-likeness (QED) is 0.643. The standard InChI is InChI=1S/C13H14N4O4/c1-14-11-7-13(16-12(15-11)8-20-2)21-10-6-4-3-5-9(10)17(18)19/h3-7H,8H2,1-2H3,(H,14,15,16). The van der Waals surface area contributed by atoms with Gasteiger partial charge in [0.05, 0.1) is 4.92 Å². The molecule has 1 aromatic carbocycles. The van der Waals surface area contributed by atoms with Crippen molar-refractivity contribution in [2.75, 3.05) is 19.5 Å².